The number of hydrogen-bond donors (Lipinski definition) is 2. The Balaban J connectivity index is 1.64. The molecule has 1 aromatic carbocycles. The highest BCUT2D eigenvalue weighted by molar-refractivity contribution is 5.78. The Bertz CT molecular complexity index is 525. The summed E-state index contributed by atoms with van der Waals surface area (Å²) in [7, 11) is 0. The van der Waals surface area contributed by atoms with E-state index in [1.807, 2.05) is 36.9 Å². The van der Waals surface area contributed by atoms with Crippen LogP contribution in [-0.4, -0.2) is 67.0 Å². The Hall–Kier alpha value is -2.08. The average molecular weight is 332 g/mol. The number of nitrogens with one attached hydrogen (secondary N) is 2. The molecule has 0 atom stereocenters. The number of amides is 3. The van der Waals surface area contributed by atoms with Crippen LogP contribution in [0.1, 0.15) is 19.4 Å². The van der Waals surface area contributed by atoms with Crippen molar-refractivity contribution in [2.45, 2.75) is 26.3 Å². The first-order valence-electron chi connectivity index (χ1n) is 8.63. The number of benzene rings is 1. The summed E-state index contributed by atoms with van der Waals surface area (Å²) in [5, 5.41) is 5.87. The van der Waals surface area contributed by atoms with Crippen LogP contribution in [-0.2, 0) is 11.2 Å². The summed E-state index contributed by atoms with van der Waals surface area (Å²) >= 11 is 0. The molecule has 3 amide bonds. The van der Waals surface area contributed by atoms with Crippen molar-refractivity contribution in [1.29, 1.82) is 0 Å². The van der Waals surface area contributed by atoms with Crippen LogP contribution < -0.4 is 10.6 Å². The molecule has 6 nitrogen and oxygen atoms in total. The van der Waals surface area contributed by atoms with Crippen LogP contribution in [0.4, 0.5) is 4.79 Å². The van der Waals surface area contributed by atoms with Crippen molar-refractivity contribution in [1.82, 2.24) is 20.4 Å². The minimum atomic E-state index is -0.0165. The Morgan fingerprint density at radius 2 is 1.75 bits per heavy atom. The second-order valence-electron chi connectivity index (χ2n) is 6.45. The fraction of sp³-hybridized carbons (Fsp3) is 0.556. The molecule has 2 N–H and O–H groups in total. The first-order chi connectivity index (χ1) is 11.5. The highest BCUT2D eigenvalue weighted by Crippen LogP contribution is 2.03. The summed E-state index contributed by atoms with van der Waals surface area (Å²) < 4.78 is 0. The normalized spacial score (nSPS) is 15.4. The van der Waals surface area contributed by atoms with Gasteiger partial charge in [-0.15, -0.1) is 0 Å². The van der Waals surface area contributed by atoms with Crippen LogP contribution in [0.25, 0.3) is 0 Å². The average Bonchev–Trinajstić information content (AvgIpc) is 2.55. The van der Waals surface area contributed by atoms with Crippen molar-refractivity contribution < 1.29 is 9.59 Å². The maximum atomic E-state index is 12.2. The lowest BCUT2D eigenvalue weighted by atomic mass is 10.1. The van der Waals surface area contributed by atoms with Crippen LogP contribution in [0, 0.1) is 0 Å². The highest BCUT2D eigenvalue weighted by atomic mass is 16.2. The van der Waals surface area contributed by atoms with Crippen molar-refractivity contribution >= 4 is 11.9 Å². The zero-order valence-electron chi connectivity index (χ0n) is 14.6. The monoisotopic (exact) mass is 332 g/mol. The van der Waals surface area contributed by atoms with Crippen molar-refractivity contribution in [2.75, 3.05) is 39.3 Å². The van der Waals surface area contributed by atoms with E-state index in [2.05, 4.69) is 27.7 Å². The molecule has 0 aromatic heterocycles. The molecule has 132 valence electrons. The van der Waals surface area contributed by atoms with Crippen LogP contribution in [0.15, 0.2) is 30.3 Å². The van der Waals surface area contributed by atoms with E-state index in [0.717, 1.165) is 19.5 Å². The zero-order valence-corrected chi connectivity index (χ0v) is 14.6. The first-order valence-corrected chi connectivity index (χ1v) is 8.63. The minimum Gasteiger partial charge on any atom is -0.353 e. The van der Waals surface area contributed by atoms with Gasteiger partial charge in [0.05, 0.1) is 6.54 Å². The largest absolute Gasteiger partial charge is 0.353 e. The smallest absolute Gasteiger partial charge is 0.317 e. The van der Waals surface area contributed by atoms with Gasteiger partial charge in [0.15, 0.2) is 0 Å². The lowest BCUT2D eigenvalue weighted by Gasteiger charge is -2.34. The summed E-state index contributed by atoms with van der Waals surface area (Å²) in [4.78, 5) is 27.9. The molecular formula is C18H28N4O2. The molecule has 0 spiro atoms. The molecule has 0 unspecified atom stereocenters. The summed E-state index contributed by atoms with van der Waals surface area (Å²) in [6, 6.07) is 10.3. The highest BCUT2D eigenvalue weighted by Gasteiger charge is 2.22. The van der Waals surface area contributed by atoms with Gasteiger partial charge in [0.1, 0.15) is 0 Å². The van der Waals surface area contributed by atoms with E-state index in [0.29, 0.717) is 26.2 Å². The number of nitrogens with zero attached hydrogens (tertiary/aromatic N) is 2. The maximum absolute atomic E-state index is 12.2. The Labute approximate surface area is 144 Å². The third-order valence-corrected chi connectivity index (χ3v) is 4.01. The molecule has 6 heteroatoms. The summed E-state index contributed by atoms with van der Waals surface area (Å²) in [5.41, 5.74) is 1.22. The van der Waals surface area contributed by atoms with Crippen molar-refractivity contribution in [3.8, 4) is 0 Å². The van der Waals surface area contributed by atoms with E-state index in [9.17, 15) is 9.59 Å². The third kappa shape index (κ3) is 6.20. The van der Waals surface area contributed by atoms with Crippen LogP contribution in [0.2, 0.25) is 0 Å². The SMILES string of the molecule is CC(C)NC(=O)CN1CCN(C(=O)NCCc2ccccc2)CC1. The molecule has 0 radical (unpaired) electrons. The number of carbonyl (C=O) groups is 2. The van der Waals surface area contributed by atoms with E-state index in [4.69, 9.17) is 0 Å². The molecule has 0 saturated carbocycles. The van der Waals surface area contributed by atoms with Crippen molar-refractivity contribution in [2.24, 2.45) is 0 Å². The Morgan fingerprint density at radius 3 is 2.38 bits per heavy atom. The summed E-state index contributed by atoms with van der Waals surface area (Å²) in [6.07, 6.45) is 0.835. The second-order valence-corrected chi connectivity index (χ2v) is 6.45. The molecule has 1 aliphatic rings. The molecule has 1 aromatic rings. The lowest BCUT2D eigenvalue weighted by molar-refractivity contribution is -0.123. The molecular weight excluding hydrogens is 304 g/mol. The number of carbonyl (C=O) groups excluding carboxylic acids is 2. The van der Waals surface area contributed by atoms with Gasteiger partial charge < -0.3 is 15.5 Å². The number of rotatable bonds is 6. The van der Waals surface area contributed by atoms with Gasteiger partial charge in [-0.1, -0.05) is 30.3 Å². The van der Waals surface area contributed by atoms with E-state index >= 15 is 0 Å². The van der Waals surface area contributed by atoms with E-state index in [-0.39, 0.29) is 18.0 Å². The van der Waals surface area contributed by atoms with Gasteiger partial charge in [0, 0.05) is 38.8 Å². The molecule has 1 saturated heterocycles. The second kappa shape index (κ2) is 9.27. The van der Waals surface area contributed by atoms with Gasteiger partial charge in [-0.3, -0.25) is 9.69 Å². The fourth-order valence-corrected chi connectivity index (χ4v) is 2.75. The third-order valence-electron chi connectivity index (χ3n) is 4.01. The van der Waals surface area contributed by atoms with Crippen LogP contribution in [0.5, 0.6) is 0 Å². The van der Waals surface area contributed by atoms with Gasteiger partial charge in [-0.05, 0) is 25.8 Å². The number of piperazine rings is 1. The maximum Gasteiger partial charge on any atom is 0.317 e. The first kappa shape index (κ1) is 18.3. The standard InChI is InChI=1S/C18H28N4O2/c1-15(2)20-17(23)14-21-10-12-22(13-11-21)18(24)19-9-8-16-6-4-3-5-7-16/h3-7,15H,8-14H2,1-2H3,(H,19,24)(H,20,23). The Morgan fingerprint density at radius 1 is 1.08 bits per heavy atom. The molecule has 1 fully saturated rings. The fourth-order valence-electron chi connectivity index (χ4n) is 2.75. The van der Waals surface area contributed by atoms with Crippen LogP contribution >= 0.6 is 0 Å². The van der Waals surface area contributed by atoms with Gasteiger partial charge in [0.2, 0.25) is 5.91 Å². The molecule has 2 rings (SSSR count). The van der Waals surface area contributed by atoms with Gasteiger partial charge in [0.25, 0.3) is 0 Å². The predicted molar refractivity (Wildman–Crippen MR) is 94.8 cm³/mol. The molecule has 0 bridgehead atoms. The topological polar surface area (TPSA) is 64.7 Å². The van der Waals surface area contributed by atoms with Gasteiger partial charge in [-0.25, -0.2) is 4.79 Å². The summed E-state index contributed by atoms with van der Waals surface area (Å²) in [5.74, 6) is 0.0470. The minimum absolute atomic E-state index is 0.0165. The van der Waals surface area contributed by atoms with E-state index in [1.54, 1.807) is 0 Å². The molecule has 1 heterocycles. The number of hydrogen-bond acceptors (Lipinski definition) is 3. The van der Waals surface area contributed by atoms with Gasteiger partial charge in [-0.2, -0.15) is 0 Å². The van der Waals surface area contributed by atoms with Crippen molar-refractivity contribution in [3.05, 3.63) is 35.9 Å². The van der Waals surface area contributed by atoms with Crippen LogP contribution in [0.3, 0.4) is 0 Å². The summed E-state index contributed by atoms with van der Waals surface area (Å²) in [6.45, 7) is 7.74. The number of urea groups is 1. The zero-order chi connectivity index (χ0) is 17.4. The Kier molecular flexibility index (Phi) is 7.06. The van der Waals surface area contributed by atoms with E-state index in [1.165, 1.54) is 5.56 Å². The lowest BCUT2D eigenvalue weighted by Crippen LogP contribution is -2.53. The quantitative estimate of drug-likeness (QED) is 0.819. The van der Waals surface area contributed by atoms with Crippen molar-refractivity contribution in [3.63, 3.8) is 0 Å². The molecule has 0 aliphatic carbocycles. The predicted octanol–water partition coefficient (Wildman–Crippen LogP) is 1.08. The van der Waals surface area contributed by atoms with Gasteiger partial charge >= 0.3 is 6.03 Å². The molecule has 1 aliphatic heterocycles. The molecule has 24 heavy (non-hydrogen) atoms. The van der Waals surface area contributed by atoms with E-state index < -0.39 is 0 Å².